The molecule has 2 atom stereocenters. The molecule has 0 aliphatic carbocycles. The van der Waals surface area contributed by atoms with E-state index < -0.39 is 55.9 Å². The van der Waals surface area contributed by atoms with Gasteiger partial charge in [0.05, 0.1) is 11.1 Å². The first-order valence-corrected chi connectivity index (χ1v) is 8.61. The summed E-state index contributed by atoms with van der Waals surface area (Å²) in [4.78, 5) is 23.3. The largest absolute Gasteiger partial charge is 0.459 e. The van der Waals surface area contributed by atoms with Gasteiger partial charge in [0.15, 0.2) is 0 Å². The monoisotopic (exact) mass is 409 g/mol. The smallest absolute Gasteiger partial charge is 0.416 e. The van der Waals surface area contributed by atoms with Crippen LogP contribution in [0.2, 0.25) is 0 Å². The van der Waals surface area contributed by atoms with Crippen LogP contribution in [0, 0.1) is 0 Å². The van der Waals surface area contributed by atoms with E-state index in [1.54, 1.807) is 0 Å². The highest BCUT2D eigenvalue weighted by Crippen LogP contribution is 2.42. The molecule has 4 nitrogen and oxygen atoms in total. The van der Waals surface area contributed by atoms with Gasteiger partial charge in [0.2, 0.25) is 5.91 Å². The number of furan rings is 1. The predicted octanol–water partition coefficient (Wildman–Crippen LogP) is 4.98. The summed E-state index contributed by atoms with van der Waals surface area (Å²) < 4.78 is 83.0. The fourth-order valence-corrected chi connectivity index (χ4v) is 3.65. The SMILES string of the molecule is C=S1C(=O)NC(=O)C1c1ccc(-c2cc(C(F)(F)F)cc(C(F)(F)F)c2)o1. The Kier molecular flexibility index (Phi) is 4.45. The summed E-state index contributed by atoms with van der Waals surface area (Å²) in [6, 6.07) is 3.39. The van der Waals surface area contributed by atoms with Crippen molar-refractivity contribution in [2.75, 3.05) is 0 Å². The van der Waals surface area contributed by atoms with Crippen LogP contribution in [-0.2, 0) is 17.1 Å². The topological polar surface area (TPSA) is 59.3 Å². The first-order chi connectivity index (χ1) is 12.4. The summed E-state index contributed by atoms with van der Waals surface area (Å²) >= 11 is 0. The Morgan fingerprint density at radius 1 is 0.963 bits per heavy atom. The maximum absolute atomic E-state index is 13.0. The summed E-state index contributed by atoms with van der Waals surface area (Å²) in [7, 11) is -1.32. The second-order valence-electron chi connectivity index (χ2n) is 5.58. The molecule has 2 unspecified atom stereocenters. The molecule has 2 aromatic rings. The van der Waals surface area contributed by atoms with Crippen LogP contribution >= 0.6 is 10.5 Å². The number of rotatable bonds is 2. The second kappa shape index (κ2) is 6.25. The number of carbonyl (C=O) groups is 2. The molecule has 1 N–H and O–H groups in total. The molecule has 1 aromatic carbocycles. The van der Waals surface area contributed by atoms with E-state index >= 15 is 0 Å². The van der Waals surface area contributed by atoms with Crippen LogP contribution in [0.4, 0.5) is 31.1 Å². The van der Waals surface area contributed by atoms with E-state index in [9.17, 15) is 35.9 Å². The summed E-state index contributed by atoms with van der Waals surface area (Å²) in [5, 5.41) is 0.329. The highest BCUT2D eigenvalue weighted by atomic mass is 32.2. The molecular weight excluding hydrogens is 400 g/mol. The van der Waals surface area contributed by atoms with E-state index in [1.807, 2.05) is 5.32 Å². The molecule has 0 saturated carbocycles. The van der Waals surface area contributed by atoms with Crippen molar-refractivity contribution in [3.05, 3.63) is 47.2 Å². The number of benzene rings is 1. The van der Waals surface area contributed by atoms with Crippen molar-refractivity contribution in [1.29, 1.82) is 0 Å². The molecule has 27 heavy (non-hydrogen) atoms. The number of imide groups is 1. The van der Waals surface area contributed by atoms with Gasteiger partial charge in [-0.05, 0) is 30.3 Å². The lowest BCUT2D eigenvalue weighted by Gasteiger charge is -2.13. The molecule has 2 heterocycles. The molecule has 1 aromatic heterocycles. The van der Waals surface area contributed by atoms with Crippen molar-refractivity contribution in [2.45, 2.75) is 17.6 Å². The van der Waals surface area contributed by atoms with E-state index in [2.05, 4.69) is 5.87 Å². The molecule has 1 fully saturated rings. The van der Waals surface area contributed by atoms with E-state index in [4.69, 9.17) is 4.42 Å². The summed E-state index contributed by atoms with van der Waals surface area (Å²) in [6.07, 6.45) is -9.99. The predicted molar refractivity (Wildman–Crippen MR) is 85.1 cm³/mol. The van der Waals surface area contributed by atoms with Crippen molar-refractivity contribution < 1.29 is 40.3 Å². The van der Waals surface area contributed by atoms with Gasteiger partial charge >= 0.3 is 12.4 Å². The van der Waals surface area contributed by atoms with Gasteiger partial charge in [-0.25, -0.2) is 0 Å². The standard InChI is InChI=1S/C16H9F6NO3S/c1-27-12(13(24)23-14(27)25)11-3-2-10(26-11)7-4-8(15(17,18)19)6-9(5-7)16(20,21)22/h2-6,12H,1H2,(H,23,24,25). The fraction of sp³-hybridized carbons (Fsp3) is 0.188. The number of hydrogen-bond donors (Lipinski definition) is 1. The Labute approximate surface area is 150 Å². The number of hydrogen-bond acceptors (Lipinski definition) is 3. The summed E-state index contributed by atoms with van der Waals surface area (Å²) in [6.45, 7) is 0. The summed E-state index contributed by atoms with van der Waals surface area (Å²) in [5.74, 6) is 2.47. The molecule has 1 aliphatic rings. The van der Waals surface area contributed by atoms with Crippen molar-refractivity contribution >= 4 is 27.5 Å². The number of amides is 2. The maximum Gasteiger partial charge on any atom is 0.416 e. The van der Waals surface area contributed by atoms with Crippen molar-refractivity contribution in [3.8, 4) is 11.3 Å². The van der Waals surface area contributed by atoms with Crippen LogP contribution in [0.3, 0.4) is 0 Å². The molecule has 3 rings (SSSR count). The van der Waals surface area contributed by atoms with Crippen LogP contribution < -0.4 is 5.32 Å². The third-order valence-corrected chi connectivity index (χ3v) is 5.34. The molecule has 0 bridgehead atoms. The first kappa shape index (κ1) is 19.2. The lowest BCUT2D eigenvalue weighted by molar-refractivity contribution is -0.143. The quantitative estimate of drug-likeness (QED) is 0.563. The number of nitrogens with one attached hydrogen (secondary N) is 1. The maximum atomic E-state index is 13.0. The van der Waals surface area contributed by atoms with Crippen LogP contribution in [0.1, 0.15) is 22.1 Å². The third kappa shape index (κ3) is 3.64. The van der Waals surface area contributed by atoms with Gasteiger partial charge in [0.25, 0.3) is 5.24 Å². The Morgan fingerprint density at radius 2 is 1.52 bits per heavy atom. The third-order valence-electron chi connectivity index (χ3n) is 3.74. The van der Waals surface area contributed by atoms with Crippen LogP contribution in [-0.4, -0.2) is 17.0 Å². The van der Waals surface area contributed by atoms with Gasteiger partial charge in [-0.3, -0.25) is 14.9 Å². The van der Waals surface area contributed by atoms with Gasteiger partial charge in [-0.15, -0.1) is 0 Å². The zero-order valence-electron chi connectivity index (χ0n) is 13.1. The first-order valence-electron chi connectivity index (χ1n) is 7.15. The van der Waals surface area contributed by atoms with Gasteiger partial charge in [-0.2, -0.15) is 26.3 Å². The van der Waals surface area contributed by atoms with Gasteiger partial charge in [-0.1, -0.05) is 16.4 Å². The molecule has 2 amide bonds. The number of halogens is 6. The minimum absolute atomic E-state index is 0.00378. The van der Waals surface area contributed by atoms with E-state index in [1.165, 1.54) is 6.07 Å². The minimum Gasteiger partial charge on any atom is -0.459 e. The van der Waals surface area contributed by atoms with Gasteiger partial charge < -0.3 is 4.42 Å². The summed E-state index contributed by atoms with van der Waals surface area (Å²) in [5.41, 5.74) is -3.44. The lowest BCUT2D eigenvalue weighted by atomic mass is 10.0. The highest BCUT2D eigenvalue weighted by Gasteiger charge is 2.39. The molecular formula is C16H9F6NO3S. The Morgan fingerprint density at radius 3 is 1.96 bits per heavy atom. The van der Waals surface area contributed by atoms with E-state index in [0.29, 0.717) is 12.1 Å². The molecule has 1 saturated heterocycles. The Balaban J connectivity index is 2.07. The zero-order valence-corrected chi connectivity index (χ0v) is 13.9. The van der Waals surface area contributed by atoms with Gasteiger partial charge in [0.1, 0.15) is 16.8 Å². The number of alkyl halides is 6. The van der Waals surface area contributed by atoms with Crippen LogP contribution in [0.25, 0.3) is 11.3 Å². The van der Waals surface area contributed by atoms with Crippen molar-refractivity contribution in [3.63, 3.8) is 0 Å². The molecule has 0 radical (unpaired) electrons. The van der Waals surface area contributed by atoms with E-state index in [0.717, 1.165) is 6.07 Å². The molecule has 11 heteroatoms. The highest BCUT2D eigenvalue weighted by molar-refractivity contribution is 8.28. The average molecular weight is 409 g/mol. The molecule has 1 aliphatic heterocycles. The average Bonchev–Trinajstić information content (AvgIpc) is 3.10. The molecule has 144 valence electrons. The second-order valence-corrected chi connectivity index (χ2v) is 7.28. The number of carbonyl (C=O) groups excluding carboxylic acids is 2. The zero-order chi connectivity index (χ0) is 20.1. The Bertz CT molecular complexity index is 928. The van der Waals surface area contributed by atoms with E-state index in [-0.39, 0.29) is 17.6 Å². The van der Waals surface area contributed by atoms with Crippen LogP contribution in [0.5, 0.6) is 0 Å². The van der Waals surface area contributed by atoms with Crippen LogP contribution in [0.15, 0.2) is 34.7 Å². The minimum atomic E-state index is -5.00. The molecule has 0 spiro atoms. The van der Waals surface area contributed by atoms with Crippen molar-refractivity contribution in [1.82, 2.24) is 5.32 Å². The lowest BCUT2D eigenvalue weighted by Crippen LogP contribution is -2.20. The van der Waals surface area contributed by atoms with Gasteiger partial charge in [0, 0.05) is 5.56 Å². The van der Waals surface area contributed by atoms with Crippen molar-refractivity contribution in [2.24, 2.45) is 0 Å². The Hall–Kier alpha value is -2.56. The normalized spacial score (nSPS) is 20.8. The fourth-order valence-electron chi connectivity index (χ4n) is 2.48.